The third kappa shape index (κ3) is 7.83. The molecule has 0 saturated carbocycles. The molecule has 4 rings (SSSR count). The van der Waals surface area contributed by atoms with Crippen LogP contribution >= 0.6 is 0 Å². The number of hydrogen-bond acceptors (Lipinski definition) is 6. The molecule has 1 heterocycles. The summed E-state index contributed by atoms with van der Waals surface area (Å²) in [7, 11) is 0. The third-order valence-electron chi connectivity index (χ3n) is 6.22. The van der Waals surface area contributed by atoms with Crippen LogP contribution in [0.3, 0.4) is 0 Å². The zero-order chi connectivity index (χ0) is 28.3. The number of rotatable bonds is 10. The van der Waals surface area contributed by atoms with Crippen LogP contribution < -0.4 is 20.7 Å². The van der Waals surface area contributed by atoms with E-state index in [-0.39, 0.29) is 38.3 Å². The maximum atomic E-state index is 13.4. The minimum atomic E-state index is -0.608. The number of esters is 1. The van der Waals surface area contributed by atoms with Crippen LogP contribution in [0, 0.1) is 0 Å². The van der Waals surface area contributed by atoms with Crippen LogP contribution in [0.2, 0.25) is 0 Å². The second-order valence-electron chi connectivity index (χ2n) is 9.12. The van der Waals surface area contributed by atoms with Crippen LogP contribution in [-0.2, 0) is 20.9 Å². The molecule has 3 N–H and O–H groups in total. The van der Waals surface area contributed by atoms with Gasteiger partial charge in [-0.15, -0.1) is 0 Å². The maximum Gasteiger partial charge on any atom is 0.319 e. The van der Waals surface area contributed by atoms with Gasteiger partial charge < -0.3 is 30.3 Å². The molecule has 0 fully saturated rings. The molecular weight excluding hydrogens is 512 g/mol. The highest BCUT2D eigenvalue weighted by Crippen LogP contribution is 2.27. The Balaban J connectivity index is 1.40. The lowest BCUT2D eigenvalue weighted by Gasteiger charge is -2.23. The zero-order valence-corrected chi connectivity index (χ0v) is 22.2. The van der Waals surface area contributed by atoms with Gasteiger partial charge in [-0.25, -0.2) is 4.79 Å². The molecule has 0 spiro atoms. The minimum absolute atomic E-state index is 0.0369. The Labute approximate surface area is 232 Å². The fourth-order valence-electron chi connectivity index (χ4n) is 4.28. The molecule has 0 aromatic heterocycles. The van der Waals surface area contributed by atoms with Crippen LogP contribution in [0.25, 0.3) is 0 Å². The van der Waals surface area contributed by atoms with Gasteiger partial charge in [0.05, 0.1) is 37.7 Å². The van der Waals surface area contributed by atoms with Gasteiger partial charge in [-0.05, 0) is 36.2 Å². The number of ether oxygens (including phenoxy) is 2. The van der Waals surface area contributed by atoms with Crippen LogP contribution in [0.5, 0.6) is 5.75 Å². The van der Waals surface area contributed by atoms with E-state index in [0.29, 0.717) is 18.0 Å². The quantitative estimate of drug-likeness (QED) is 0.335. The van der Waals surface area contributed by atoms with E-state index < -0.39 is 29.9 Å². The summed E-state index contributed by atoms with van der Waals surface area (Å²) in [5, 5.41) is 8.37. The van der Waals surface area contributed by atoms with E-state index in [9.17, 15) is 19.2 Å². The molecule has 10 nitrogen and oxygen atoms in total. The molecule has 0 aliphatic carbocycles. The zero-order valence-electron chi connectivity index (χ0n) is 22.2. The summed E-state index contributed by atoms with van der Waals surface area (Å²) >= 11 is 0. The van der Waals surface area contributed by atoms with E-state index in [0.717, 1.165) is 11.1 Å². The average Bonchev–Trinajstić information content (AvgIpc) is 3.11. The molecule has 0 bridgehead atoms. The van der Waals surface area contributed by atoms with Crippen molar-refractivity contribution in [1.29, 1.82) is 0 Å². The van der Waals surface area contributed by atoms with E-state index in [4.69, 9.17) is 9.47 Å². The summed E-state index contributed by atoms with van der Waals surface area (Å²) in [6.07, 6.45) is -0.0369. The molecule has 40 heavy (non-hydrogen) atoms. The summed E-state index contributed by atoms with van der Waals surface area (Å²) in [6.45, 7) is 2.46. The van der Waals surface area contributed by atoms with Crippen molar-refractivity contribution in [3.05, 3.63) is 95.6 Å². The Morgan fingerprint density at radius 2 is 1.73 bits per heavy atom. The van der Waals surface area contributed by atoms with Crippen molar-refractivity contribution < 1.29 is 28.7 Å². The van der Waals surface area contributed by atoms with Gasteiger partial charge in [-0.3, -0.25) is 14.4 Å². The Hall–Kier alpha value is -4.86. The number of anilines is 1. The number of nitrogens with one attached hydrogen (secondary N) is 3. The fraction of sp³-hybridized carbons (Fsp3) is 0.267. The van der Waals surface area contributed by atoms with Crippen molar-refractivity contribution in [3.8, 4) is 5.75 Å². The van der Waals surface area contributed by atoms with Crippen LogP contribution in [0.1, 0.15) is 40.9 Å². The minimum Gasteiger partial charge on any atom is -0.491 e. The number of carbonyl (C=O) groups is 4. The highest BCUT2D eigenvalue weighted by molar-refractivity contribution is 6.01. The van der Waals surface area contributed by atoms with Gasteiger partial charge in [-0.1, -0.05) is 60.7 Å². The largest absolute Gasteiger partial charge is 0.491 e. The maximum absolute atomic E-state index is 13.4. The Kier molecular flexibility index (Phi) is 9.71. The summed E-state index contributed by atoms with van der Waals surface area (Å²) in [6, 6.07) is 22.4. The second kappa shape index (κ2) is 13.8. The number of benzene rings is 3. The van der Waals surface area contributed by atoms with E-state index in [2.05, 4.69) is 16.0 Å². The van der Waals surface area contributed by atoms with Crippen LogP contribution in [-0.4, -0.2) is 55.0 Å². The highest BCUT2D eigenvalue weighted by Gasteiger charge is 2.27. The first-order chi connectivity index (χ1) is 19.4. The first kappa shape index (κ1) is 28.2. The van der Waals surface area contributed by atoms with Gasteiger partial charge in [0.1, 0.15) is 12.4 Å². The van der Waals surface area contributed by atoms with Gasteiger partial charge >= 0.3 is 12.0 Å². The van der Waals surface area contributed by atoms with Gasteiger partial charge in [0.25, 0.3) is 5.91 Å². The number of hydrogen-bond donors (Lipinski definition) is 3. The summed E-state index contributed by atoms with van der Waals surface area (Å²) in [5.74, 6) is -0.896. The highest BCUT2D eigenvalue weighted by atomic mass is 16.5. The van der Waals surface area contributed by atoms with E-state index in [1.54, 1.807) is 19.1 Å². The van der Waals surface area contributed by atoms with Crippen molar-refractivity contribution >= 4 is 29.5 Å². The van der Waals surface area contributed by atoms with E-state index >= 15 is 0 Å². The second-order valence-corrected chi connectivity index (χ2v) is 9.12. The predicted octanol–water partition coefficient (Wildman–Crippen LogP) is 3.65. The molecular formula is C30H32N4O6. The molecule has 1 aliphatic rings. The first-order valence-electron chi connectivity index (χ1n) is 13.1. The Morgan fingerprint density at radius 1 is 1.00 bits per heavy atom. The van der Waals surface area contributed by atoms with Crippen molar-refractivity contribution in [1.82, 2.24) is 15.5 Å². The van der Waals surface area contributed by atoms with Crippen LogP contribution in [0.15, 0.2) is 78.9 Å². The lowest BCUT2D eigenvalue weighted by molar-refractivity contribution is -0.143. The lowest BCUT2D eigenvalue weighted by atomic mass is 10.0. The molecule has 3 aromatic carbocycles. The molecule has 1 unspecified atom stereocenters. The molecule has 0 saturated heterocycles. The monoisotopic (exact) mass is 544 g/mol. The normalized spacial score (nSPS) is 13.2. The number of amides is 4. The van der Waals surface area contributed by atoms with Gasteiger partial charge in [-0.2, -0.15) is 0 Å². The summed E-state index contributed by atoms with van der Waals surface area (Å²) in [4.78, 5) is 52.4. The topological polar surface area (TPSA) is 126 Å². The summed E-state index contributed by atoms with van der Waals surface area (Å²) in [5.41, 5.74) is 2.35. The lowest BCUT2D eigenvalue weighted by Crippen LogP contribution is -2.43. The van der Waals surface area contributed by atoms with Crippen molar-refractivity contribution in [2.45, 2.75) is 25.9 Å². The van der Waals surface area contributed by atoms with Crippen LogP contribution in [0.4, 0.5) is 10.5 Å². The number of urea groups is 1. The van der Waals surface area contributed by atoms with Crippen molar-refractivity contribution in [3.63, 3.8) is 0 Å². The molecule has 1 atom stereocenters. The average molecular weight is 545 g/mol. The SMILES string of the molecule is CCOC(=O)CC(NC(=O)CN1CCOc2ccc(NC(=O)NCc3ccccc3)cc2C1=O)c1ccccc1. The number of nitrogens with zero attached hydrogens (tertiary/aromatic N) is 1. The molecule has 208 valence electrons. The van der Waals surface area contributed by atoms with Gasteiger partial charge in [0, 0.05) is 12.2 Å². The third-order valence-corrected chi connectivity index (χ3v) is 6.22. The summed E-state index contributed by atoms with van der Waals surface area (Å²) < 4.78 is 10.8. The van der Waals surface area contributed by atoms with Crippen molar-refractivity contribution in [2.75, 3.05) is 31.6 Å². The van der Waals surface area contributed by atoms with E-state index in [1.165, 1.54) is 11.0 Å². The molecule has 0 radical (unpaired) electrons. The number of fused-ring (bicyclic) bond motifs is 1. The fourth-order valence-corrected chi connectivity index (χ4v) is 4.28. The van der Waals surface area contributed by atoms with Crippen molar-refractivity contribution in [2.24, 2.45) is 0 Å². The Bertz CT molecular complexity index is 1330. The predicted molar refractivity (Wildman–Crippen MR) is 149 cm³/mol. The standard InChI is InChI=1S/C30H32N4O6/c1-2-39-28(36)18-25(22-11-7-4-8-12-22)33-27(35)20-34-15-16-40-26-14-13-23(17-24(26)29(34)37)32-30(38)31-19-21-9-5-3-6-10-21/h3-14,17,25H,2,15-16,18-20H2,1H3,(H,33,35)(H2,31,32,38). The van der Waals surface area contributed by atoms with Gasteiger partial charge in [0.2, 0.25) is 5.91 Å². The van der Waals surface area contributed by atoms with E-state index in [1.807, 2.05) is 60.7 Å². The first-order valence-corrected chi connectivity index (χ1v) is 13.1. The molecule has 4 amide bonds. The molecule has 1 aliphatic heterocycles. The smallest absolute Gasteiger partial charge is 0.319 e. The molecule has 10 heteroatoms. The molecule has 3 aromatic rings. The van der Waals surface area contributed by atoms with Gasteiger partial charge in [0.15, 0.2) is 0 Å². The Morgan fingerprint density at radius 3 is 2.45 bits per heavy atom. The number of carbonyl (C=O) groups excluding carboxylic acids is 4.